The molecule has 0 bridgehead atoms. The molecule has 0 saturated carbocycles. The van der Waals surface area contributed by atoms with Crippen molar-refractivity contribution in [1.82, 2.24) is 9.21 Å². The van der Waals surface area contributed by atoms with Crippen LogP contribution in [0.25, 0.3) is 0 Å². The average molecular weight is 385 g/mol. The molecule has 5 nitrogen and oxygen atoms in total. The summed E-state index contributed by atoms with van der Waals surface area (Å²) < 4.78 is 27.4. The van der Waals surface area contributed by atoms with Gasteiger partial charge in [0, 0.05) is 30.6 Å². The van der Waals surface area contributed by atoms with E-state index in [0.717, 1.165) is 49.9 Å². The largest absolute Gasteiger partial charge is 0.339 e. The van der Waals surface area contributed by atoms with Crippen molar-refractivity contribution < 1.29 is 13.2 Å². The Morgan fingerprint density at radius 2 is 1.84 bits per heavy atom. The number of piperidine rings is 2. The van der Waals surface area contributed by atoms with Crippen molar-refractivity contribution in [2.24, 2.45) is 0 Å². The molecule has 1 aromatic heterocycles. The summed E-state index contributed by atoms with van der Waals surface area (Å²) in [5.74, 6) is 0.135. The van der Waals surface area contributed by atoms with Crippen LogP contribution in [0.15, 0.2) is 16.3 Å². The van der Waals surface area contributed by atoms with Crippen molar-refractivity contribution in [3.8, 4) is 0 Å². The van der Waals surface area contributed by atoms with E-state index in [4.69, 9.17) is 0 Å². The van der Waals surface area contributed by atoms with Gasteiger partial charge in [-0.3, -0.25) is 4.79 Å². The number of sulfonamides is 1. The van der Waals surface area contributed by atoms with Gasteiger partial charge in [0.25, 0.3) is 10.0 Å². The number of rotatable bonds is 5. The molecule has 2 aliphatic rings. The van der Waals surface area contributed by atoms with Crippen LogP contribution in [0.3, 0.4) is 0 Å². The molecule has 0 N–H and O–H groups in total. The fraction of sp³-hybridized carbons (Fsp3) is 0.722. The van der Waals surface area contributed by atoms with Crippen LogP contribution in [0.4, 0.5) is 0 Å². The second-order valence-corrected chi connectivity index (χ2v) is 10.3. The normalized spacial score (nSPS) is 22.9. The SMILES string of the molecule is CCC1CCCCN1C(=O)Cc1ccc(S(=O)(=O)N2CCCCC2)s1. The molecule has 1 unspecified atom stereocenters. The van der Waals surface area contributed by atoms with E-state index in [9.17, 15) is 13.2 Å². The molecule has 1 amide bonds. The second-order valence-electron chi connectivity index (χ2n) is 7.01. The first-order valence-electron chi connectivity index (χ1n) is 9.40. The molecule has 7 heteroatoms. The summed E-state index contributed by atoms with van der Waals surface area (Å²) in [6.45, 7) is 4.19. The van der Waals surface area contributed by atoms with Gasteiger partial charge in [-0.1, -0.05) is 13.3 Å². The Labute approximate surface area is 155 Å². The monoisotopic (exact) mass is 384 g/mol. The van der Waals surface area contributed by atoms with Crippen LogP contribution in [-0.4, -0.2) is 49.2 Å². The van der Waals surface area contributed by atoms with Crippen LogP contribution in [0.1, 0.15) is 56.7 Å². The van der Waals surface area contributed by atoms with Crippen molar-refractivity contribution >= 4 is 27.3 Å². The molecule has 0 radical (unpaired) electrons. The smallest absolute Gasteiger partial charge is 0.252 e. The van der Waals surface area contributed by atoms with Crippen molar-refractivity contribution in [2.75, 3.05) is 19.6 Å². The molecule has 1 aromatic rings. The van der Waals surface area contributed by atoms with E-state index in [1.807, 2.05) is 11.0 Å². The maximum Gasteiger partial charge on any atom is 0.252 e. The summed E-state index contributed by atoms with van der Waals surface area (Å²) >= 11 is 1.26. The molecule has 3 heterocycles. The van der Waals surface area contributed by atoms with Gasteiger partial charge >= 0.3 is 0 Å². The Hall–Kier alpha value is -0.920. The lowest BCUT2D eigenvalue weighted by Gasteiger charge is -2.35. The molecule has 2 aliphatic heterocycles. The van der Waals surface area contributed by atoms with E-state index in [0.29, 0.717) is 29.8 Å². The number of likely N-dealkylation sites (tertiary alicyclic amines) is 1. The molecule has 0 aromatic carbocycles. The van der Waals surface area contributed by atoms with Crippen LogP contribution in [0.2, 0.25) is 0 Å². The third kappa shape index (κ3) is 4.26. The number of carbonyl (C=O) groups excluding carboxylic acids is 1. The van der Waals surface area contributed by atoms with Gasteiger partial charge in [-0.25, -0.2) is 8.42 Å². The maximum absolute atomic E-state index is 12.7. The minimum absolute atomic E-state index is 0.135. The van der Waals surface area contributed by atoms with Crippen LogP contribution in [0, 0.1) is 0 Å². The zero-order valence-electron chi connectivity index (χ0n) is 14.9. The molecule has 25 heavy (non-hydrogen) atoms. The Morgan fingerprint density at radius 1 is 1.12 bits per heavy atom. The highest BCUT2D eigenvalue weighted by Crippen LogP contribution is 2.28. The average Bonchev–Trinajstić information content (AvgIpc) is 3.11. The van der Waals surface area contributed by atoms with Crippen molar-refractivity contribution in [3.63, 3.8) is 0 Å². The van der Waals surface area contributed by atoms with Crippen molar-refractivity contribution in [3.05, 3.63) is 17.0 Å². The van der Waals surface area contributed by atoms with E-state index >= 15 is 0 Å². The highest BCUT2D eigenvalue weighted by Gasteiger charge is 2.29. The van der Waals surface area contributed by atoms with Gasteiger partial charge in [0.1, 0.15) is 4.21 Å². The number of nitrogens with zero attached hydrogens (tertiary/aromatic N) is 2. The lowest BCUT2D eigenvalue weighted by molar-refractivity contribution is -0.134. The molecular formula is C18H28N2O3S2. The van der Waals surface area contributed by atoms with E-state index in [-0.39, 0.29) is 5.91 Å². The maximum atomic E-state index is 12.7. The number of hydrogen-bond donors (Lipinski definition) is 0. The minimum Gasteiger partial charge on any atom is -0.339 e. The van der Waals surface area contributed by atoms with Gasteiger partial charge in [0.05, 0.1) is 6.42 Å². The number of carbonyl (C=O) groups is 1. The molecule has 0 spiro atoms. The quantitative estimate of drug-likeness (QED) is 0.783. The van der Waals surface area contributed by atoms with Crippen LogP contribution in [0.5, 0.6) is 0 Å². The third-order valence-corrected chi connectivity index (χ3v) is 8.74. The first-order chi connectivity index (χ1) is 12.0. The van der Waals surface area contributed by atoms with Crippen LogP contribution < -0.4 is 0 Å². The van der Waals surface area contributed by atoms with Crippen molar-refractivity contribution in [2.45, 2.75) is 68.5 Å². The summed E-state index contributed by atoms with van der Waals surface area (Å²) in [6.07, 6.45) is 7.63. The lowest BCUT2D eigenvalue weighted by Crippen LogP contribution is -2.44. The fourth-order valence-corrected chi connectivity index (χ4v) is 6.85. The highest BCUT2D eigenvalue weighted by molar-refractivity contribution is 7.91. The second kappa shape index (κ2) is 8.18. The van der Waals surface area contributed by atoms with Gasteiger partial charge in [-0.2, -0.15) is 4.31 Å². The van der Waals surface area contributed by atoms with Gasteiger partial charge in [0.2, 0.25) is 5.91 Å². The van der Waals surface area contributed by atoms with Gasteiger partial charge < -0.3 is 4.90 Å². The summed E-state index contributed by atoms with van der Waals surface area (Å²) in [6, 6.07) is 3.83. The van der Waals surface area contributed by atoms with Gasteiger partial charge in [0.15, 0.2) is 0 Å². The van der Waals surface area contributed by atoms with E-state index < -0.39 is 10.0 Å². The summed E-state index contributed by atoms with van der Waals surface area (Å²) in [5.41, 5.74) is 0. The molecule has 140 valence electrons. The predicted molar refractivity (Wildman–Crippen MR) is 100 cm³/mol. The molecule has 3 rings (SSSR count). The standard InChI is InChI=1S/C18H28N2O3S2/c1-2-15-8-4-7-13-20(15)17(21)14-16-9-10-18(24-16)25(22,23)19-11-5-3-6-12-19/h9-10,15H,2-8,11-14H2,1H3. The topological polar surface area (TPSA) is 57.7 Å². The Balaban J connectivity index is 1.67. The Bertz CT molecular complexity index is 693. The number of hydrogen-bond acceptors (Lipinski definition) is 4. The molecule has 2 saturated heterocycles. The summed E-state index contributed by atoms with van der Waals surface area (Å²) in [7, 11) is -3.39. The zero-order chi connectivity index (χ0) is 17.9. The molecule has 2 fully saturated rings. The zero-order valence-corrected chi connectivity index (χ0v) is 16.6. The van der Waals surface area contributed by atoms with Crippen LogP contribution in [-0.2, 0) is 21.2 Å². The fourth-order valence-electron chi connectivity index (χ4n) is 3.83. The third-order valence-electron chi connectivity index (χ3n) is 5.29. The Kier molecular flexibility index (Phi) is 6.17. The molecule has 0 aliphatic carbocycles. The Morgan fingerprint density at radius 3 is 2.56 bits per heavy atom. The predicted octanol–water partition coefficient (Wildman–Crippen LogP) is 3.26. The number of amides is 1. The van der Waals surface area contributed by atoms with Gasteiger partial charge in [-0.05, 0) is 50.7 Å². The minimum atomic E-state index is -3.39. The lowest BCUT2D eigenvalue weighted by atomic mass is 9.99. The van der Waals surface area contributed by atoms with Crippen molar-refractivity contribution in [1.29, 1.82) is 0 Å². The summed E-state index contributed by atoms with van der Waals surface area (Å²) in [4.78, 5) is 15.5. The molecular weight excluding hydrogens is 356 g/mol. The van der Waals surface area contributed by atoms with E-state index in [1.165, 1.54) is 17.8 Å². The number of thiophene rings is 1. The molecule has 1 atom stereocenters. The first kappa shape index (κ1) is 18.9. The van der Waals surface area contributed by atoms with E-state index in [1.54, 1.807) is 10.4 Å². The van der Waals surface area contributed by atoms with Crippen LogP contribution >= 0.6 is 11.3 Å². The summed E-state index contributed by atoms with van der Waals surface area (Å²) in [5, 5.41) is 0. The van der Waals surface area contributed by atoms with Gasteiger partial charge in [-0.15, -0.1) is 11.3 Å². The first-order valence-corrected chi connectivity index (χ1v) is 11.7. The highest BCUT2D eigenvalue weighted by atomic mass is 32.2. The van der Waals surface area contributed by atoms with E-state index in [2.05, 4.69) is 6.92 Å².